The number of hydrogen-bond donors (Lipinski definition) is 1. The Morgan fingerprint density at radius 2 is 1.96 bits per heavy atom. The zero-order valence-corrected chi connectivity index (χ0v) is 17.1. The van der Waals surface area contributed by atoms with Gasteiger partial charge in [0.2, 0.25) is 0 Å². The van der Waals surface area contributed by atoms with E-state index in [1.165, 1.54) is 5.57 Å². The summed E-state index contributed by atoms with van der Waals surface area (Å²) in [6.07, 6.45) is 6.22. The molecule has 5 aliphatic rings. The Morgan fingerprint density at radius 3 is 2.68 bits per heavy atom. The highest BCUT2D eigenvalue weighted by Gasteiger charge is 2.60. The summed E-state index contributed by atoms with van der Waals surface area (Å²) in [7, 11) is 0. The van der Waals surface area contributed by atoms with Crippen molar-refractivity contribution in [1.29, 1.82) is 0 Å². The maximum absolute atomic E-state index is 12.8. The molecule has 0 aromatic heterocycles. The quantitative estimate of drug-likeness (QED) is 0.574. The van der Waals surface area contributed by atoms with Crippen molar-refractivity contribution in [3.8, 4) is 0 Å². The van der Waals surface area contributed by atoms with Gasteiger partial charge in [0.1, 0.15) is 6.10 Å². The molecule has 0 aromatic carbocycles. The lowest BCUT2D eigenvalue weighted by Crippen LogP contribution is -2.55. The van der Waals surface area contributed by atoms with Gasteiger partial charge >= 0.3 is 5.97 Å². The Labute approximate surface area is 167 Å². The van der Waals surface area contributed by atoms with Crippen molar-refractivity contribution in [3.63, 3.8) is 0 Å². The summed E-state index contributed by atoms with van der Waals surface area (Å²) in [5.41, 5.74) is 1.06. The minimum atomic E-state index is -0.526. The van der Waals surface area contributed by atoms with E-state index in [4.69, 9.17) is 14.2 Å². The van der Waals surface area contributed by atoms with Crippen LogP contribution < -0.4 is 0 Å². The second-order valence-corrected chi connectivity index (χ2v) is 9.71. The SMILES string of the molecule is C[C@H]1CCC=C2C[C@H]3OC(=O)[C@H](CN4CCC5(CC4)OCCO5)[C@H]3[C@@H](O)[C@@]21C. The van der Waals surface area contributed by atoms with Crippen LogP contribution in [-0.4, -0.2) is 66.8 Å². The zero-order chi connectivity index (χ0) is 19.5. The molecule has 3 aliphatic heterocycles. The molecule has 5 rings (SSSR count). The highest BCUT2D eigenvalue weighted by molar-refractivity contribution is 5.76. The second kappa shape index (κ2) is 6.79. The van der Waals surface area contributed by atoms with E-state index in [0.717, 1.165) is 45.2 Å². The fourth-order valence-electron chi connectivity index (χ4n) is 6.41. The van der Waals surface area contributed by atoms with Crippen molar-refractivity contribution in [1.82, 2.24) is 4.90 Å². The van der Waals surface area contributed by atoms with Crippen LogP contribution in [0.15, 0.2) is 11.6 Å². The van der Waals surface area contributed by atoms with Crippen LogP contribution in [0, 0.1) is 23.2 Å². The summed E-state index contributed by atoms with van der Waals surface area (Å²) < 4.78 is 17.4. The number of nitrogens with zero attached hydrogens (tertiary/aromatic N) is 1. The Morgan fingerprint density at radius 1 is 1.25 bits per heavy atom. The number of fused-ring (bicyclic) bond motifs is 2. The number of carbonyl (C=O) groups excluding carboxylic acids is 1. The molecule has 156 valence electrons. The lowest BCUT2D eigenvalue weighted by atomic mass is 9.55. The first kappa shape index (κ1) is 19.0. The molecule has 3 heterocycles. The average molecular weight is 392 g/mol. The van der Waals surface area contributed by atoms with Gasteiger partial charge in [-0.05, 0) is 18.8 Å². The van der Waals surface area contributed by atoms with Crippen molar-refractivity contribution >= 4 is 5.97 Å². The maximum Gasteiger partial charge on any atom is 0.311 e. The summed E-state index contributed by atoms with van der Waals surface area (Å²) >= 11 is 0. The molecular formula is C22H33NO5. The summed E-state index contributed by atoms with van der Waals surface area (Å²) in [6.45, 7) is 8.18. The Bertz CT molecular complexity index is 662. The molecule has 0 amide bonds. The number of ether oxygens (including phenoxy) is 3. The van der Waals surface area contributed by atoms with Crippen LogP contribution in [0.25, 0.3) is 0 Å². The van der Waals surface area contributed by atoms with Crippen LogP contribution in [-0.2, 0) is 19.0 Å². The van der Waals surface area contributed by atoms with Crippen molar-refractivity contribution in [2.24, 2.45) is 23.2 Å². The molecule has 6 heteroatoms. The summed E-state index contributed by atoms with van der Waals surface area (Å²) in [5.74, 6) is -0.453. The molecule has 4 fully saturated rings. The average Bonchev–Trinajstić information content (AvgIpc) is 3.25. The van der Waals surface area contributed by atoms with Crippen LogP contribution in [0.5, 0.6) is 0 Å². The molecule has 6 nitrogen and oxygen atoms in total. The van der Waals surface area contributed by atoms with Crippen molar-refractivity contribution in [2.75, 3.05) is 32.8 Å². The van der Waals surface area contributed by atoms with Gasteiger partial charge in [-0.2, -0.15) is 0 Å². The number of hydrogen-bond acceptors (Lipinski definition) is 6. The summed E-state index contributed by atoms with van der Waals surface area (Å²) in [4.78, 5) is 15.1. The maximum atomic E-state index is 12.8. The lowest BCUT2D eigenvalue weighted by Gasteiger charge is -2.52. The number of aliphatic hydroxyl groups is 1. The molecular weight excluding hydrogens is 358 g/mol. The van der Waals surface area contributed by atoms with Gasteiger partial charge in [-0.3, -0.25) is 4.79 Å². The minimum absolute atomic E-state index is 0.106. The standard InChI is InChI=1S/C22H33NO5/c1-14-4-3-5-15-12-17-18(19(24)21(14,15)2)16(20(25)28-17)13-23-8-6-22(7-9-23)26-10-11-27-22/h5,14,16-19,24H,3-4,6-13H2,1-2H3/t14-,16+,17+,18+,19+,21+/m0/s1. The van der Waals surface area contributed by atoms with Crippen LogP contribution in [0.1, 0.15) is 46.0 Å². The first-order valence-electron chi connectivity index (χ1n) is 11.0. The van der Waals surface area contributed by atoms with Crippen molar-refractivity contribution in [3.05, 3.63) is 11.6 Å². The zero-order valence-electron chi connectivity index (χ0n) is 17.1. The summed E-state index contributed by atoms with van der Waals surface area (Å²) in [5, 5.41) is 11.5. The van der Waals surface area contributed by atoms with E-state index >= 15 is 0 Å². The highest BCUT2D eigenvalue weighted by Crippen LogP contribution is 2.56. The molecule has 1 spiro atoms. The number of aliphatic hydroxyl groups excluding tert-OH is 1. The van der Waals surface area contributed by atoms with Crippen LogP contribution >= 0.6 is 0 Å². The molecule has 1 N–H and O–H groups in total. The van der Waals surface area contributed by atoms with E-state index in [1.54, 1.807) is 0 Å². The van der Waals surface area contributed by atoms with E-state index in [-0.39, 0.29) is 29.3 Å². The number of piperidine rings is 1. The van der Waals surface area contributed by atoms with E-state index in [9.17, 15) is 9.90 Å². The molecule has 0 unspecified atom stereocenters. The van der Waals surface area contributed by atoms with Gasteiger partial charge in [-0.1, -0.05) is 25.5 Å². The van der Waals surface area contributed by atoms with E-state index < -0.39 is 11.9 Å². The second-order valence-electron chi connectivity index (χ2n) is 9.71. The number of rotatable bonds is 2. The van der Waals surface area contributed by atoms with Gasteiger partial charge in [0.15, 0.2) is 5.79 Å². The normalized spacial score (nSPS) is 45.5. The topological polar surface area (TPSA) is 68.2 Å². The van der Waals surface area contributed by atoms with Gasteiger partial charge in [-0.15, -0.1) is 0 Å². The van der Waals surface area contributed by atoms with Crippen molar-refractivity contribution in [2.45, 2.75) is 63.9 Å². The van der Waals surface area contributed by atoms with Crippen LogP contribution in [0.2, 0.25) is 0 Å². The van der Waals surface area contributed by atoms with Gasteiger partial charge in [0.25, 0.3) is 0 Å². The predicted molar refractivity (Wildman–Crippen MR) is 102 cm³/mol. The minimum Gasteiger partial charge on any atom is -0.461 e. The van der Waals surface area contributed by atoms with E-state index in [1.807, 2.05) is 0 Å². The third-order valence-corrected chi connectivity index (χ3v) is 8.46. The number of esters is 1. The molecule has 0 aromatic rings. The first-order valence-corrected chi connectivity index (χ1v) is 11.0. The summed E-state index contributed by atoms with van der Waals surface area (Å²) in [6, 6.07) is 0. The molecule has 6 atom stereocenters. The van der Waals surface area contributed by atoms with Crippen molar-refractivity contribution < 1.29 is 24.1 Å². The molecule has 1 saturated carbocycles. The van der Waals surface area contributed by atoms with Crippen LogP contribution in [0.4, 0.5) is 0 Å². The van der Waals surface area contributed by atoms with Gasteiger partial charge in [0, 0.05) is 50.2 Å². The van der Waals surface area contributed by atoms with Gasteiger partial charge in [0.05, 0.1) is 25.2 Å². The van der Waals surface area contributed by atoms with Gasteiger partial charge in [-0.25, -0.2) is 0 Å². The fourth-order valence-corrected chi connectivity index (χ4v) is 6.41. The first-order chi connectivity index (χ1) is 13.4. The number of likely N-dealkylation sites (tertiary alicyclic amines) is 1. The Hall–Kier alpha value is -0.950. The van der Waals surface area contributed by atoms with E-state index in [2.05, 4.69) is 24.8 Å². The van der Waals surface area contributed by atoms with Crippen LogP contribution in [0.3, 0.4) is 0 Å². The third-order valence-electron chi connectivity index (χ3n) is 8.46. The molecule has 0 bridgehead atoms. The number of carbonyl (C=O) groups is 1. The largest absolute Gasteiger partial charge is 0.461 e. The fraction of sp³-hybridized carbons (Fsp3) is 0.864. The highest BCUT2D eigenvalue weighted by atomic mass is 16.7. The Balaban J connectivity index is 1.31. The molecule has 0 radical (unpaired) electrons. The smallest absolute Gasteiger partial charge is 0.311 e. The molecule has 28 heavy (non-hydrogen) atoms. The predicted octanol–water partition coefficient (Wildman–Crippen LogP) is 2.11. The molecule has 2 aliphatic carbocycles. The lowest BCUT2D eigenvalue weighted by molar-refractivity contribution is -0.186. The monoisotopic (exact) mass is 391 g/mol. The number of allylic oxidation sites excluding steroid dienone is 1. The Kier molecular flexibility index (Phi) is 4.62. The van der Waals surface area contributed by atoms with Gasteiger partial charge < -0.3 is 24.2 Å². The molecule has 3 saturated heterocycles. The van der Waals surface area contributed by atoms with E-state index in [0.29, 0.717) is 25.7 Å². The third kappa shape index (κ3) is 2.79.